The topological polar surface area (TPSA) is 72.8 Å². The Balaban J connectivity index is 0. The van der Waals surface area contributed by atoms with Crippen LogP contribution >= 0.6 is 24.4 Å². The van der Waals surface area contributed by atoms with Crippen LogP contribution in [0, 0.1) is 6.92 Å². The molecule has 0 unspecified atom stereocenters. The zero-order valence-electron chi connectivity index (χ0n) is 8.80. The Bertz CT molecular complexity index is 291. The van der Waals surface area contributed by atoms with Crippen LogP contribution in [0.4, 0.5) is 0 Å². The molecule has 9 heteroatoms. The smallest absolute Gasteiger partial charge is 0.364 e. The van der Waals surface area contributed by atoms with E-state index in [1.165, 1.54) is 6.21 Å². The molecule has 0 fully saturated rings. The summed E-state index contributed by atoms with van der Waals surface area (Å²) in [7, 11) is 3.38. The Morgan fingerprint density at radius 3 is 2.12 bits per heavy atom. The summed E-state index contributed by atoms with van der Waals surface area (Å²) in [4.78, 5) is 0. The van der Waals surface area contributed by atoms with Gasteiger partial charge in [-0.2, -0.15) is 0 Å². The van der Waals surface area contributed by atoms with E-state index in [1.807, 2.05) is 0 Å². The molecule has 6 nitrogen and oxygen atoms in total. The van der Waals surface area contributed by atoms with Gasteiger partial charge in [-0.05, 0) is 24.4 Å². The van der Waals surface area contributed by atoms with Crippen molar-refractivity contribution >= 4 is 46.6 Å². The van der Waals surface area contributed by atoms with E-state index in [4.69, 9.17) is 24.4 Å². The van der Waals surface area contributed by atoms with Crippen LogP contribution < -0.4 is 21.5 Å². The van der Waals surface area contributed by atoms with Crippen molar-refractivity contribution in [3.05, 3.63) is 6.92 Å². The van der Waals surface area contributed by atoms with Crippen LogP contribution in [0.5, 0.6) is 0 Å². The van der Waals surface area contributed by atoms with Gasteiger partial charge in [0.25, 0.3) is 0 Å². The molecule has 0 bridgehead atoms. The summed E-state index contributed by atoms with van der Waals surface area (Å²) in [5, 5.41) is 13.8. The predicted molar refractivity (Wildman–Crippen MR) is 70.9 cm³/mol. The third kappa shape index (κ3) is 9.66. The number of hydrazone groups is 2. The van der Waals surface area contributed by atoms with Crippen LogP contribution in [0.25, 0.3) is 0 Å². The predicted octanol–water partition coefficient (Wildman–Crippen LogP) is -0.652. The van der Waals surface area contributed by atoms with Gasteiger partial charge in [0.2, 0.25) is 0 Å². The molecular formula is C7H13CuN6S2. The molecule has 0 saturated carbocycles. The second-order valence-corrected chi connectivity index (χ2v) is 3.06. The Morgan fingerprint density at radius 1 is 1.12 bits per heavy atom. The first kappa shape index (κ1) is 17.5. The van der Waals surface area contributed by atoms with E-state index in [9.17, 15) is 0 Å². The Kier molecular flexibility index (Phi) is 11.6. The van der Waals surface area contributed by atoms with Gasteiger partial charge in [0.15, 0.2) is 10.2 Å². The molecule has 0 amide bonds. The Hall–Kier alpha value is -0.891. The largest absolute Gasteiger partial charge is 1.00 e. The molecule has 0 spiro atoms. The van der Waals surface area contributed by atoms with Gasteiger partial charge in [-0.25, -0.2) is 12.0 Å². The normalized spacial score (nSPS) is 10.2. The maximum Gasteiger partial charge on any atom is 1.00 e. The molecule has 0 aromatic rings. The molecular weight excluding hydrogens is 296 g/mol. The Labute approximate surface area is 116 Å². The van der Waals surface area contributed by atoms with Gasteiger partial charge in [0.05, 0.1) is 0 Å². The van der Waals surface area contributed by atoms with E-state index in [0.717, 1.165) is 0 Å². The van der Waals surface area contributed by atoms with E-state index in [-0.39, 0.29) is 17.1 Å². The van der Waals surface area contributed by atoms with Crippen LogP contribution in [0.3, 0.4) is 0 Å². The number of nitrogens with one attached hydrogen (secondary N) is 4. The van der Waals surface area contributed by atoms with Gasteiger partial charge in [0.1, 0.15) is 0 Å². The van der Waals surface area contributed by atoms with Crippen molar-refractivity contribution in [2.24, 2.45) is 10.2 Å². The van der Waals surface area contributed by atoms with E-state index in [1.54, 1.807) is 14.1 Å². The van der Waals surface area contributed by atoms with E-state index in [0.29, 0.717) is 15.9 Å². The second kappa shape index (κ2) is 10.6. The third-order valence-corrected chi connectivity index (χ3v) is 1.73. The zero-order valence-corrected chi connectivity index (χ0v) is 11.4. The maximum atomic E-state index is 4.80. The average Bonchev–Trinajstić information content (AvgIpc) is 2.25. The summed E-state index contributed by atoms with van der Waals surface area (Å²) >= 11 is 9.59. The minimum absolute atomic E-state index is 0. The molecule has 0 radical (unpaired) electrons. The Morgan fingerprint density at radius 2 is 1.62 bits per heavy atom. The van der Waals surface area contributed by atoms with Crippen molar-refractivity contribution in [2.45, 2.75) is 0 Å². The minimum atomic E-state index is 0. The molecule has 0 aliphatic carbocycles. The molecule has 4 N–H and O–H groups in total. The SMILES string of the molecule is [CH2-]C(C=NNC(=S)NC)=NNC(=S)NC.[Cu+]. The average molecular weight is 309 g/mol. The fraction of sp³-hybridized carbons (Fsp3) is 0.286. The van der Waals surface area contributed by atoms with Crippen molar-refractivity contribution in [1.82, 2.24) is 21.5 Å². The summed E-state index contributed by atoms with van der Waals surface area (Å²) in [6.45, 7) is 3.61. The number of nitrogens with zero attached hydrogens (tertiary/aromatic N) is 2. The first-order valence-electron chi connectivity index (χ1n) is 3.98. The van der Waals surface area contributed by atoms with E-state index in [2.05, 4.69) is 38.6 Å². The summed E-state index contributed by atoms with van der Waals surface area (Å²) in [6, 6.07) is 0. The monoisotopic (exact) mass is 308 g/mol. The van der Waals surface area contributed by atoms with E-state index < -0.39 is 0 Å². The van der Waals surface area contributed by atoms with Gasteiger partial charge in [-0.1, -0.05) is 11.9 Å². The van der Waals surface area contributed by atoms with Crippen molar-refractivity contribution in [2.75, 3.05) is 14.1 Å². The number of thiocarbonyl (C=S) groups is 2. The quantitative estimate of drug-likeness (QED) is 0.183. The fourth-order valence-corrected chi connectivity index (χ4v) is 0.527. The molecule has 16 heavy (non-hydrogen) atoms. The molecule has 94 valence electrons. The van der Waals surface area contributed by atoms with Crippen LogP contribution in [0.15, 0.2) is 10.2 Å². The van der Waals surface area contributed by atoms with Crippen molar-refractivity contribution in [3.63, 3.8) is 0 Å². The first-order valence-corrected chi connectivity index (χ1v) is 4.80. The number of hydrogen-bond donors (Lipinski definition) is 4. The summed E-state index contributed by atoms with van der Waals surface area (Å²) < 4.78 is 0. The van der Waals surface area contributed by atoms with Gasteiger partial charge >= 0.3 is 17.1 Å². The fourth-order valence-electron chi connectivity index (χ4n) is 0.429. The number of hydrogen-bond acceptors (Lipinski definition) is 4. The maximum absolute atomic E-state index is 4.80. The molecule has 0 saturated heterocycles. The van der Waals surface area contributed by atoms with Crippen LogP contribution in [-0.2, 0) is 17.1 Å². The molecule has 0 aromatic heterocycles. The van der Waals surface area contributed by atoms with Crippen molar-refractivity contribution < 1.29 is 17.1 Å². The van der Waals surface area contributed by atoms with Crippen LogP contribution in [-0.4, -0.2) is 36.2 Å². The van der Waals surface area contributed by atoms with Crippen molar-refractivity contribution in [1.29, 1.82) is 0 Å². The van der Waals surface area contributed by atoms with Gasteiger partial charge < -0.3 is 10.6 Å². The van der Waals surface area contributed by atoms with Crippen molar-refractivity contribution in [3.8, 4) is 0 Å². The standard InChI is InChI=1S/C7H13N6S2.Cu/c1-5(11-13-7(15)9-3)4-10-12-6(14)8-2;/h4H,1H2,2-3H3,(H2,8,12,14)(H2,9,13,15);/q-1;+1. The third-order valence-electron chi connectivity index (χ3n) is 1.13. The molecule has 0 aliphatic heterocycles. The first-order chi connectivity index (χ1) is 7.10. The summed E-state index contributed by atoms with van der Waals surface area (Å²) in [6.07, 6.45) is 1.41. The van der Waals surface area contributed by atoms with Crippen LogP contribution in [0.1, 0.15) is 0 Å². The van der Waals surface area contributed by atoms with Gasteiger partial charge in [-0.3, -0.25) is 16.0 Å². The molecule has 0 heterocycles. The minimum Gasteiger partial charge on any atom is -0.364 e. The van der Waals surface area contributed by atoms with Crippen LogP contribution in [0.2, 0.25) is 0 Å². The summed E-state index contributed by atoms with van der Waals surface area (Å²) in [5.41, 5.74) is 5.54. The zero-order chi connectivity index (χ0) is 11.7. The number of rotatable bonds is 3. The van der Waals surface area contributed by atoms with Gasteiger partial charge in [-0.15, -0.1) is 0 Å². The van der Waals surface area contributed by atoms with E-state index >= 15 is 0 Å². The molecule has 0 aromatic carbocycles. The second-order valence-electron chi connectivity index (χ2n) is 2.24. The molecule has 0 aliphatic rings. The molecule has 0 atom stereocenters. The molecule has 0 rings (SSSR count). The summed E-state index contributed by atoms with van der Waals surface area (Å²) in [5.74, 6) is 0. The van der Waals surface area contributed by atoms with Gasteiger partial charge in [0, 0.05) is 14.1 Å².